The lowest BCUT2D eigenvalue weighted by molar-refractivity contribution is -0.892. The fraction of sp³-hybridized carbons (Fsp3) is 0.429. The van der Waals surface area contributed by atoms with Crippen LogP contribution >= 0.6 is 0 Å². The Kier molecular flexibility index (Phi) is 8.29. The third-order valence-electron chi connectivity index (χ3n) is 4.70. The van der Waals surface area contributed by atoms with Gasteiger partial charge >= 0.3 is 0 Å². The molecule has 2 aromatic rings. The quantitative estimate of drug-likeness (QED) is 0.643. The zero-order chi connectivity index (χ0) is 17.7. The summed E-state index contributed by atoms with van der Waals surface area (Å²) in [5, 5.41) is 20.4. The van der Waals surface area contributed by atoms with Gasteiger partial charge in [0, 0.05) is 0 Å². The van der Waals surface area contributed by atoms with E-state index in [0.29, 0.717) is 11.0 Å². The number of quaternary nitrogens is 1. The lowest BCUT2D eigenvalue weighted by atomic mass is 9.87. The summed E-state index contributed by atoms with van der Waals surface area (Å²) >= 11 is 0. The van der Waals surface area contributed by atoms with E-state index in [2.05, 4.69) is 52.2 Å². The number of likely N-dealkylation sites (N-methyl/N-ethyl adjacent to an activating group) is 1. The summed E-state index contributed by atoms with van der Waals surface area (Å²) in [7, 11) is 4.19. The summed E-state index contributed by atoms with van der Waals surface area (Å²) in [6, 6.07) is 16.5. The van der Waals surface area contributed by atoms with E-state index in [9.17, 15) is 10.2 Å². The van der Waals surface area contributed by atoms with Crippen LogP contribution in [0.25, 0.3) is 0 Å². The highest BCUT2D eigenvalue weighted by Gasteiger charge is 2.30. The molecule has 2 N–H and O–H groups in total. The summed E-state index contributed by atoms with van der Waals surface area (Å²) in [5.41, 5.74) is 4.48. The number of hydrogen-bond donors (Lipinski definition) is 2. The molecule has 2 aromatic carbocycles. The molecule has 2 rings (SSSR count). The van der Waals surface area contributed by atoms with Gasteiger partial charge in [-0.2, -0.15) is 0 Å². The van der Waals surface area contributed by atoms with Crippen molar-refractivity contribution >= 4 is 0 Å². The Morgan fingerprint density at radius 3 is 1.72 bits per heavy atom. The number of aliphatic hydroxyl groups is 2. The first-order valence-corrected chi connectivity index (χ1v) is 8.56. The van der Waals surface area contributed by atoms with Gasteiger partial charge in [0.2, 0.25) is 0 Å². The minimum Gasteiger partial charge on any atom is -1.00 e. The largest absolute Gasteiger partial charge is 1.00 e. The summed E-state index contributed by atoms with van der Waals surface area (Å²) in [5.74, 6) is -0.0187. The van der Waals surface area contributed by atoms with E-state index in [-0.39, 0.29) is 29.5 Å². The van der Waals surface area contributed by atoms with E-state index < -0.39 is 6.10 Å². The van der Waals surface area contributed by atoms with Crippen LogP contribution in [0.1, 0.15) is 34.3 Å². The number of hydrogen-bond acceptors (Lipinski definition) is 2. The van der Waals surface area contributed by atoms with Crippen molar-refractivity contribution in [3.05, 3.63) is 70.8 Å². The van der Waals surface area contributed by atoms with Crippen LogP contribution in [0, 0.1) is 13.8 Å². The normalized spacial score (nSPS) is 13.8. The van der Waals surface area contributed by atoms with Crippen molar-refractivity contribution in [3.63, 3.8) is 0 Å². The number of rotatable bonds is 7. The molecule has 25 heavy (non-hydrogen) atoms. The smallest absolute Gasteiger partial charge is 0.102 e. The number of nitrogens with zero attached hydrogens (tertiary/aromatic N) is 1. The first-order valence-electron chi connectivity index (χ1n) is 8.56. The number of halogens is 1. The van der Waals surface area contributed by atoms with Crippen LogP contribution in [-0.4, -0.2) is 48.5 Å². The standard InChI is InChI=1S/C21H30NO2.BrH/c1-16-5-9-18(10-6-16)20(15-22(3,4)13-14-23)21(24)19-11-7-17(2)8-12-19;/h5-12,20-21,23-24H,13-15H2,1-4H3;1H/q+1;/p-1. The van der Waals surface area contributed by atoms with Crippen LogP contribution in [0.5, 0.6) is 0 Å². The predicted octanol–water partition coefficient (Wildman–Crippen LogP) is 0.193. The van der Waals surface area contributed by atoms with Gasteiger partial charge in [-0.1, -0.05) is 59.7 Å². The molecule has 0 radical (unpaired) electrons. The fourth-order valence-corrected chi connectivity index (χ4v) is 3.09. The predicted molar refractivity (Wildman–Crippen MR) is 99.0 cm³/mol. The number of benzene rings is 2. The second-order valence-electron chi connectivity index (χ2n) is 7.44. The Bertz CT molecular complexity index is 638. The average molecular weight is 408 g/mol. The molecule has 0 spiro atoms. The average Bonchev–Trinajstić information content (AvgIpc) is 2.54. The SMILES string of the molecule is Cc1ccc(C(O)C(C[N+](C)(C)CCO)c2ccc(C)cc2)cc1.[Br-]. The molecule has 0 saturated carbocycles. The van der Waals surface area contributed by atoms with Crippen LogP contribution in [0.15, 0.2) is 48.5 Å². The Morgan fingerprint density at radius 1 is 0.840 bits per heavy atom. The zero-order valence-corrected chi connectivity index (χ0v) is 17.2. The van der Waals surface area contributed by atoms with E-state index >= 15 is 0 Å². The molecule has 0 fully saturated rings. The molecule has 0 aliphatic rings. The lowest BCUT2D eigenvalue weighted by Gasteiger charge is -2.35. The maximum atomic E-state index is 11.1. The zero-order valence-electron chi connectivity index (χ0n) is 15.6. The third-order valence-corrected chi connectivity index (χ3v) is 4.70. The van der Waals surface area contributed by atoms with Crippen LogP contribution in [0.2, 0.25) is 0 Å². The van der Waals surface area contributed by atoms with Gasteiger partial charge in [0.25, 0.3) is 0 Å². The molecule has 0 saturated heterocycles. The Balaban J connectivity index is 0.00000312. The molecule has 0 heterocycles. The molecule has 2 atom stereocenters. The van der Waals surface area contributed by atoms with Crippen LogP contribution in [0.4, 0.5) is 0 Å². The van der Waals surface area contributed by atoms with Gasteiger partial charge in [0.05, 0.1) is 39.3 Å². The minimum atomic E-state index is -0.565. The number of aryl methyl sites for hydroxylation is 2. The molecule has 0 aliphatic carbocycles. The molecule has 3 nitrogen and oxygen atoms in total. The molecular formula is C21H30BrNO2. The summed E-state index contributed by atoms with van der Waals surface area (Å²) in [6.45, 7) is 5.70. The van der Waals surface area contributed by atoms with Crippen molar-refractivity contribution < 1.29 is 31.7 Å². The maximum Gasteiger partial charge on any atom is 0.102 e. The van der Waals surface area contributed by atoms with E-state index in [1.807, 2.05) is 24.3 Å². The topological polar surface area (TPSA) is 40.5 Å². The highest BCUT2D eigenvalue weighted by molar-refractivity contribution is 5.30. The fourth-order valence-electron chi connectivity index (χ4n) is 3.09. The third kappa shape index (κ3) is 6.23. The molecule has 4 heteroatoms. The van der Waals surface area contributed by atoms with E-state index in [1.165, 1.54) is 11.1 Å². The van der Waals surface area contributed by atoms with E-state index in [0.717, 1.165) is 17.7 Å². The van der Waals surface area contributed by atoms with Gasteiger partial charge in [-0.05, 0) is 25.0 Å². The van der Waals surface area contributed by atoms with Gasteiger partial charge in [-0.15, -0.1) is 0 Å². The monoisotopic (exact) mass is 407 g/mol. The van der Waals surface area contributed by atoms with Gasteiger partial charge in [0.15, 0.2) is 0 Å². The Hall–Kier alpha value is -1.20. The van der Waals surface area contributed by atoms with Crippen molar-refractivity contribution in [1.82, 2.24) is 0 Å². The maximum absolute atomic E-state index is 11.1. The van der Waals surface area contributed by atoms with Gasteiger partial charge in [-0.3, -0.25) is 0 Å². The van der Waals surface area contributed by atoms with Crippen molar-refractivity contribution in [2.75, 3.05) is 33.8 Å². The Labute approximate surface area is 162 Å². The van der Waals surface area contributed by atoms with Gasteiger partial charge in [0.1, 0.15) is 6.54 Å². The van der Waals surface area contributed by atoms with Crippen molar-refractivity contribution in [2.24, 2.45) is 0 Å². The van der Waals surface area contributed by atoms with Crippen LogP contribution in [-0.2, 0) is 0 Å². The first-order chi connectivity index (χ1) is 11.3. The van der Waals surface area contributed by atoms with Gasteiger partial charge < -0.3 is 31.7 Å². The van der Waals surface area contributed by atoms with Crippen molar-refractivity contribution in [2.45, 2.75) is 25.9 Å². The molecule has 0 aromatic heterocycles. The molecule has 2 unspecified atom stereocenters. The van der Waals surface area contributed by atoms with Crippen molar-refractivity contribution in [3.8, 4) is 0 Å². The molecule has 138 valence electrons. The van der Waals surface area contributed by atoms with Crippen molar-refractivity contribution in [1.29, 1.82) is 0 Å². The van der Waals surface area contributed by atoms with Crippen LogP contribution in [0.3, 0.4) is 0 Å². The molecule has 0 bridgehead atoms. The second-order valence-corrected chi connectivity index (χ2v) is 7.44. The molecule has 0 amide bonds. The number of aliphatic hydroxyl groups excluding tert-OH is 2. The van der Waals surface area contributed by atoms with E-state index in [1.54, 1.807) is 0 Å². The molecular weight excluding hydrogens is 378 g/mol. The summed E-state index contributed by atoms with van der Waals surface area (Å²) in [6.07, 6.45) is -0.565. The summed E-state index contributed by atoms with van der Waals surface area (Å²) < 4.78 is 0.665. The minimum absolute atomic E-state index is 0. The molecule has 0 aliphatic heterocycles. The first kappa shape index (κ1) is 21.8. The highest BCUT2D eigenvalue weighted by atomic mass is 79.9. The van der Waals surface area contributed by atoms with E-state index in [4.69, 9.17) is 0 Å². The highest BCUT2D eigenvalue weighted by Crippen LogP contribution is 2.33. The Morgan fingerprint density at radius 2 is 1.28 bits per heavy atom. The summed E-state index contributed by atoms with van der Waals surface area (Å²) in [4.78, 5) is 0. The second kappa shape index (κ2) is 9.48. The van der Waals surface area contributed by atoms with Gasteiger partial charge in [-0.25, -0.2) is 0 Å². The lowest BCUT2D eigenvalue weighted by Crippen LogP contribution is -3.00. The van der Waals surface area contributed by atoms with Crippen LogP contribution < -0.4 is 17.0 Å².